The molecular formula is C15H23N5. The van der Waals surface area contributed by atoms with Gasteiger partial charge in [0.1, 0.15) is 0 Å². The van der Waals surface area contributed by atoms with Crippen LogP contribution in [0.5, 0.6) is 0 Å². The quantitative estimate of drug-likeness (QED) is 0.744. The second-order valence-corrected chi connectivity index (χ2v) is 5.69. The van der Waals surface area contributed by atoms with Crippen molar-refractivity contribution in [3.63, 3.8) is 0 Å². The van der Waals surface area contributed by atoms with Gasteiger partial charge in [0, 0.05) is 24.5 Å². The zero-order chi connectivity index (χ0) is 13.9. The summed E-state index contributed by atoms with van der Waals surface area (Å²) in [4.78, 5) is 2.42. The molecule has 1 unspecified atom stereocenters. The first-order valence-electron chi connectivity index (χ1n) is 7.49. The van der Waals surface area contributed by atoms with Gasteiger partial charge in [-0.3, -0.25) is 5.10 Å². The second-order valence-electron chi connectivity index (χ2n) is 5.69. The Hall–Kier alpha value is -1.75. The number of nitrogens with two attached hydrogens (primary N) is 2. The lowest BCUT2D eigenvalue weighted by Gasteiger charge is -2.25. The number of nitrogens with zero attached hydrogens (tertiary/aromatic N) is 2. The summed E-state index contributed by atoms with van der Waals surface area (Å²) in [5.41, 5.74) is 14.3. The maximum absolute atomic E-state index is 6.16. The van der Waals surface area contributed by atoms with Crippen molar-refractivity contribution in [1.82, 2.24) is 10.2 Å². The van der Waals surface area contributed by atoms with Crippen LogP contribution in [0.3, 0.4) is 0 Å². The van der Waals surface area contributed by atoms with E-state index in [1.54, 1.807) is 0 Å². The molecule has 1 fully saturated rings. The van der Waals surface area contributed by atoms with Crippen LogP contribution in [-0.4, -0.2) is 29.3 Å². The number of benzene rings is 1. The predicted octanol–water partition coefficient (Wildman–Crippen LogP) is 2.24. The van der Waals surface area contributed by atoms with Crippen LogP contribution >= 0.6 is 0 Å². The van der Waals surface area contributed by atoms with Crippen LogP contribution in [-0.2, 0) is 0 Å². The number of rotatable bonds is 1. The molecule has 5 N–H and O–H groups in total. The Bertz CT molecular complexity index is 577. The van der Waals surface area contributed by atoms with E-state index in [1.165, 1.54) is 24.9 Å². The predicted molar refractivity (Wildman–Crippen MR) is 83.8 cm³/mol. The summed E-state index contributed by atoms with van der Waals surface area (Å²) in [6.07, 6.45) is 5.91. The summed E-state index contributed by atoms with van der Waals surface area (Å²) < 4.78 is 0. The Kier molecular flexibility index (Phi) is 3.78. The van der Waals surface area contributed by atoms with Gasteiger partial charge in [-0.25, -0.2) is 0 Å². The fourth-order valence-electron chi connectivity index (χ4n) is 3.02. The zero-order valence-corrected chi connectivity index (χ0v) is 11.8. The molecule has 1 atom stereocenters. The van der Waals surface area contributed by atoms with Crippen molar-refractivity contribution in [1.29, 1.82) is 0 Å². The molecule has 1 aromatic carbocycles. The van der Waals surface area contributed by atoms with E-state index in [4.69, 9.17) is 11.5 Å². The van der Waals surface area contributed by atoms with E-state index in [1.807, 2.05) is 6.07 Å². The van der Waals surface area contributed by atoms with Crippen molar-refractivity contribution in [3.8, 4) is 0 Å². The van der Waals surface area contributed by atoms with Crippen LogP contribution in [0.2, 0.25) is 0 Å². The molecule has 0 spiro atoms. The lowest BCUT2D eigenvalue weighted by Crippen LogP contribution is -2.30. The molecule has 5 heteroatoms. The van der Waals surface area contributed by atoms with Gasteiger partial charge >= 0.3 is 0 Å². The van der Waals surface area contributed by atoms with E-state index >= 15 is 0 Å². The third-order valence-electron chi connectivity index (χ3n) is 4.22. The molecule has 0 saturated carbocycles. The summed E-state index contributed by atoms with van der Waals surface area (Å²) >= 11 is 0. The molecule has 3 rings (SSSR count). The van der Waals surface area contributed by atoms with Crippen molar-refractivity contribution < 1.29 is 0 Å². The van der Waals surface area contributed by atoms with Crippen LogP contribution in [0.4, 0.5) is 11.5 Å². The molecule has 5 nitrogen and oxygen atoms in total. The number of H-pyrrole nitrogens is 1. The summed E-state index contributed by atoms with van der Waals surface area (Å²) in [7, 11) is 0. The van der Waals surface area contributed by atoms with E-state index in [-0.39, 0.29) is 0 Å². The van der Waals surface area contributed by atoms with Crippen molar-refractivity contribution >= 4 is 22.4 Å². The number of nitrogen functional groups attached to an aromatic ring is 1. The molecule has 0 amide bonds. The molecule has 1 aromatic heterocycles. The van der Waals surface area contributed by atoms with Crippen LogP contribution in [0.25, 0.3) is 10.9 Å². The van der Waals surface area contributed by atoms with Crippen LogP contribution in [0.1, 0.15) is 32.1 Å². The highest BCUT2D eigenvalue weighted by Crippen LogP contribution is 2.29. The summed E-state index contributed by atoms with van der Waals surface area (Å²) in [5, 5.41) is 8.20. The average molecular weight is 273 g/mol. The van der Waals surface area contributed by atoms with Gasteiger partial charge in [-0.05, 0) is 31.4 Å². The number of nitrogens with one attached hydrogen (secondary N) is 1. The minimum atomic E-state index is 0.321. The molecule has 0 aliphatic carbocycles. The molecule has 1 aliphatic rings. The number of hydrogen-bond donors (Lipinski definition) is 3. The number of para-hydroxylation sites is 1. The van der Waals surface area contributed by atoms with E-state index < -0.39 is 0 Å². The largest absolute Gasteiger partial charge is 0.382 e. The molecular weight excluding hydrogens is 250 g/mol. The van der Waals surface area contributed by atoms with Crippen molar-refractivity contribution in [2.75, 3.05) is 23.7 Å². The Labute approximate surface area is 119 Å². The fraction of sp³-hybridized carbons (Fsp3) is 0.533. The third-order valence-corrected chi connectivity index (χ3v) is 4.22. The third kappa shape index (κ3) is 2.58. The van der Waals surface area contributed by atoms with E-state index in [9.17, 15) is 0 Å². The Morgan fingerprint density at radius 2 is 2.05 bits per heavy atom. The molecule has 1 aliphatic heterocycles. The normalized spacial score (nSPS) is 21.4. The van der Waals surface area contributed by atoms with Crippen LogP contribution in [0.15, 0.2) is 18.2 Å². The number of hydrogen-bond acceptors (Lipinski definition) is 4. The van der Waals surface area contributed by atoms with Gasteiger partial charge in [0.2, 0.25) is 0 Å². The van der Waals surface area contributed by atoms with E-state index in [2.05, 4.69) is 27.2 Å². The second kappa shape index (κ2) is 5.71. The molecule has 0 bridgehead atoms. The van der Waals surface area contributed by atoms with Gasteiger partial charge in [-0.15, -0.1) is 0 Å². The van der Waals surface area contributed by atoms with Gasteiger partial charge < -0.3 is 16.4 Å². The lowest BCUT2D eigenvalue weighted by molar-refractivity contribution is 0.551. The zero-order valence-electron chi connectivity index (χ0n) is 11.8. The standard InChI is InChI=1S/C15H23N5/c16-11-5-2-1-3-9-20(10-8-11)13-7-4-6-12-14(13)18-19-15(12)17/h4,6-7,11H,1-3,5,8-10,16H2,(H3,17,18,19). The van der Waals surface area contributed by atoms with Crippen LogP contribution in [0, 0.1) is 0 Å². The first-order chi connectivity index (χ1) is 9.75. The number of aromatic nitrogens is 2. The monoisotopic (exact) mass is 273 g/mol. The minimum Gasteiger partial charge on any atom is -0.382 e. The smallest absolute Gasteiger partial charge is 0.153 e. The molecule has 2 heterocycles. The van der Waals surface area contributed by atoms with Crippen molar-refractivity contribution in [2.24, 2.45) is 5.73 Å². The Balaban J connectivity index is 1.91. The first kappa shape index (κ1) is 13.2. The van der Waals surface area contributed by atoms with Gasteiger partial charge in [-0.2, -0.15) is 5.10 Å². The highest BCUT2D eigenvalue weighted by atomic mass is 15.2. The Morgan fingerprint density at radius 3 is 2.95 bits per heavy atom. The first-order valence-corrected chi connectivity index (χ1v) is 7.49. The highest BCUT2D eigenvalue weighted by molar-refractivity contribution is 5.97. The molecule has 108 valence electrons. The Morgan fingerprint density at radius 1 is 1.15 bits per heavy atom. The summed E-state index contributed by atoms with van der Waals surface area (Å²) in [6.45, 7) is 2.07. The van der Waals surface area contributed by atoms with E-state index in [0.29, 0.717) is 11.9 Å². The maximum atomic E-state index is 6.16. The number of aromatic amines is 1. The molecule has 20 heavy (non-hydrogen) atoms. The number of anilines is 2. The van der Waals surface area contributed by atoms with Gasteiger partial charge in [-0.1, -0.05) is 18.9 Å². The SMILES string of the molecule is Nc1n[nH]c2c(N3CCCCCC(N)CC3)cccc12. The lowest BCUT2D eigenvalue weighted by atomic mass is 10.1. The van der Waals surface area contributed by atoms with Crippen molar-refractivity contribution in [2.45, 2.75) is 38.1 Å². The average Bonchev–Trinajstić information content (AvgIpc) is 2.87. The highest BCUT2D eigenvalue weighted by Gasteiger charge is 2.15. The summed E-state index contributed by atoms with van der Waals surface area (Å²) in [5.74, 6) is 0.572. The minimum absolute atomic E-state index is 0.321. The van der Waals surface area contributed by atoms with Gasteiger partial charge in [0.15, 0.2) is 5.82 Å². The van der Waals surface area contributed by atoms with Crippen molar-refractivity contribution in [3.05, 3.63) is 18.2 Å². The topological polar surface area (TPSA) is 84.0 Å². The van der Waals surface area contributed by atoms with E-state index in [0.717, 1.165) is 36.8 Å². The summed E-state index contributed by atoms with van der Waals surface area (Å²) in [6, 6.07) is 6.53. The van der Waals surface area contributed by atoms with Crippen LogP contribution < -0.4 is 16.4 Å². The fourth-order valence-corrected chi connectivity index (χ4v) is 3.02. The number of fused-ring (bicyclic) bond motifs is 1. The molecule has 2 aromatic rings. The molecule has 0 radical (unpaired) electrons. The molecule has 1 saturated heterocycles. The van der Waals surface area contributed by atoms with Gasteiger partial charge in [0.05, 0.1) is 11.2 Å². The van der Waals surface area contributed by atoms with Gasteiger partial charge in [0.25, 0.3) is 0 Å². The maximum Gasteiger partial charge on any atom is 0.153 e.